The predicted molar refractivity (Wildman–Crippen MR) is 132 cm³/mol. The van der Waals surface area contributed by atoms with Crippen LogP contribution < -0.4 is 5.32 Å². The highest BCUT2D eigenvalue weighted by atomic mass is 19.3. The Morgan fingerprint density at radius 2 is 2.03 bits per heavy atom. The van der Waals surface area contributed by atoms with Gasteiger partial charge in [0.2, 0.25) is 5.91 Å². The number of carbonyl (C=O) groups excluding carboxylic acids is 2. The van der Waals surface area contributed by atoms with Crippen LogP contribution in [0.5, 0.6) is 0 Å². The van der Waals surface area contributed by atoms with Gasteiger partial charge < -0.3 is 25.0 Å². The third-order valence-corrected chi connectivity index (χ3v) is 6.68. The number of hydrogen-bond acceptors (Lipinski definition) is 7. The van der Waals surface area contributed by atoms with Crippen molar-refractivity contribution in [1.82, 2.24) is 15.1 Å². The molecule has 2 saturated heterocycles. The molecule has 200 valence electrons. The first-order chi connectivity index (χ1) is 17.4. The van der Waals surface area contributed by atoms with Crippen molar-refractivity contribution in [2.24, 2.45) is 0 Å². The topological polar surface area (TPSA) is 126 Å². The standard InChI is InChI=1S/C25H33BF2N4O5/c1-24(2,32-9-8-25(27,28)17-32)14-19(15-29)23(34)31-10-11-37-20(16-31)13-22(33)30-21(26(35)36)12-18-6-4-3-5-7-18/h3-7,14,20-21,35-36H,8-13,16-17H2,1-2H3,(H,30,33)/t20?,21-/m0/s1. The fourth-order valence-corrected chi connectivity index (χ4v) is 4.58. The minimum atomic E-state index is -2.80. The van der Waals surface area contributed by atoms with E-state index < -0.39 is 49.0 Å². The first kappa shape index (κ1) is 28.7. The highest BCUT2D eigenvalue weighted by Crippen LogP contribution is 2.33. The van der Waals surface area contributed by atoms with Gasteiger partial charge in [-0.15, -0.1) is 0 Å². The zero-order valence-electron chi connectivity index (χ0n) is 21.1. The number of rotatable bonds is 9. The Labute approximate surface area is 215 Å². The molecule has 0 saturated carbocycles. The number of alkyl halides is 2. The smallest absolute Gasteiger partial charge is 0.426 e. The molecule has 2 atom stereocenters. The Kier molecular flexibility index (Phi) is 9.42. The summed E-state index contributed by atoms with van der Waals surface area (Å²) < 4.78 is 33.0. The number of morpholine rings is 1. The first-order valence-electron chi connectivity index (χ1n) is 12.3. The molecular weight excluding hydrogens is 485 g/mol. The number of hydrogen-bond donors (Lipinski definition) is 3. The number of nitriles is 1. The van der Waals surface area contributed by atoms with Crippen molar-refractivity contribution in [1.29, 1.82) is 5.26 Å². The number of ether oxygens (including phenoxy) is 1. The lowest BCUT2D eigenvalue weighted by molar-refractivity contribution is -0.138. The molecule has 1 unspecified atom stereocenters. The molecule has 0 spiro atoms. The summed E-state index contributed by atoms with van der Waals surface area (Å²) in [5.41, 5.74) is -0.259. The van der Waals surface area contributed by atoms with Crippen LogP contribution in [-0.2, 0) is 20.7 Å². The van der Waals surface area contributed by atoms with Crippen molar-refractivity contribution in [2.75, 3.05) is 32.8 Å². The van der Waals surface area contributed by atoms with Gasteiger partial charge >= 0.3 is 7.12 Å². The molecule has 2 amide bonds. The van der Waals surface area contributed by atoms with Crippen LogP contribution in [-0.4, -0.2) is 95.1 Å². The Hall–Kier alpha value is -2.85. The van der Waals surface area contributed by atoms with E-state index in [4.69, 9.17) is 4.74 Å². The summed E-state index contributed by atoms with van der Waals surface area (Å²) in [6, 6.07) is 11.0. The Morgan fingerprint density at radius 3 is 2.62 bits per heavy atom. The molecule has 3 rings (SSSR count). The van der Waals surface area contributed by atoms with E-state index in [2.05, 4.69) is 5.32 Å². The van der Waals surface area contributed by atoms with Crippen LogP contribution in [0.15, 0.2) is 42.0 Å². The summed E-state index contributed by atoms with van der Waals surface area (Å²) in [5, 5.41) is 31.7. The lowest BCUT2D eigenvalue weighted by Crippen LogP contribution is -2.51. The molecule has 2 heterocycles. The second-order valence-electron chi connectivity index (χ2n) is 10.1. The van der Waals surface area contributed by atoms with Crippen LogP contribution in [0.4, 0.5) is 8.78 Å². The zero-order chi connectivity index (χ0) is 27.2. The molecule has 0 bridgehead atoms. The van der Waals surface area contributed by atoms with Crippen molar-refractivity contribution in [2.45, 2.75) is 56.6 Å². The van der Waals surface area contributed by atoms with Crippen LogP contribution in [0.25, 0.3) is 0 Å². The van der Waals surface area contributed by atoms with Gasteiger partial charge in [0.1, 0.15) is 11.6 Å². The van der Waals surface area contributed by atoms with Crippen LogP contribution >= 0.6 is 0 Å². The SMILES string of the molecule is CC(C)(C=C(C#N)C(=O)N1CCOC(CC(=O)N[C@@H](Cc2ccccc2)B(O)O)C1)N1CCC(F)(F)C1. The van der Waals surface area contributed by atoms with Crippen molar-refractivity contribution in [3.63, 3.8) is 0 Å². The van der Waals surface area contributed by atoms with E-state index in [1.807, 2.05) is 36.4 Å². The number of likely N-dealkylation sites (tertiary alicyclic amines) is 1. The van der Waals surface area contributed by atoms with Crippen molar-refractivity contribution >= 4 is 18.9 Å². The maximum atomic E-state index is 13.7. The highest BCUT2D eigenvalue weighted by molar-refractivity contribution is 6.43. The van der Waals surface area contributed by atoms with Gasteiger partial charge in [-0.25, -0.2) is 8.78 Å². The molecule has 2 fully saturated rings. The maximum Gasteiger partial charge on any atom is 0.475 e. The normalized spacial score (nSPS) is 21.3. The van der Waals surface area contributed by atoms with Gasteiger partial charge in [-0.05, 0) is 31.9 Å². The van der Waals surface area contributed by atoms with Crippen LogP contribution in [0.2, 0.25) is 0 Å². The Balaban J connectivity index is 1.59. The maximum absolute atomic E-state index is 13.7. The number of amides is 2. The highest BCUT2D eigenvalue weighted by Gasteiger charge is 2.43. The van der Waals surface area contributed by atoms with Gasteiger partial charge in [0.05, 0.1) is 31.6 Å². The summed E-state index contributed by atoms with van der Waals surface area (Å²) in [7, 11) is -1.77. The summed E-state index contributed by atoms with van der Waals surface area (Å²) in [5.74, 6) is -4.75. The van der Waals surface area contributed by atoms with Crippen molar-refractivity contribution in [3.05, 3.63) is 47.5 Å². The molecule has 12 heteroatoms. The lowest BCUT2D eigenvalue weighted by atomic mass is 9.76. The largest absolute Gasteiger partial charge is 0.475 e. The van der Waals surface area contributed by atoms with E-state index in [1.165, 1.54) is 11.0 Å². The number of halogens is 2. The molecule has 0 aromatic heterocycles. The second kappa shape index (κ2) is 12.1. The van der Waals surface area contributed by atoms with Crippen LogP contribution in [0.1, 0.15) is 32.3 Å². The molecule has 1 aromatic rings. The van der Waals surface area contributed by atoms with E-state index in [-0.39, 0.29) is 51.1 Å². The fourth-order valence-electron chi connectivity index (χ4n) is 4.58. The minimum Gasteiger partial charge on any atom is -0.426 e. The minimum absolute atomic E-state index is 0.0541. The molecule has 0 radical (unpaired) electrons. The van der Waals surface area contributed by atoms with E-state index in [9.17, 15) is 33.7 Å². The average Bonchev–Trinajstić information content (AvgIpc) is 3.23. The lowest BCUT2D eigenvalue weighted by Gasteiger charge is -2.35. The van der Waals surface area contributed by atoms with Gasteiger partial charge in [0.15, 0.2) is 0 Å². The zero-order valence-corrected chi connectivity index (χ0v) is 21.1. The predicted octanol–water partition coefficient (Wildman–Crippen LogP) is 0.913. The van der Waals surface area contributed by atoms with E-state index in [1.54, 1.807) is 18.7 Å². The fraction of sp³-hybridized carbons (Fsp3) is 0.560. The Morgan fingerprint density at radius 1 is 1.32 bits per heavy atom. The quantitative estimate of drug-likeness (QED) is 0.252. The van der Waals surface area contributed by atoms with Crippen molar-refractivity contribution in [3.8, 4) is 6.07 Å². The van der Waals surface area contributed by atoms with Gasteiger partial charge in [-0.2, -0.15) is 5.26 Å². The van der Waals surface area contributed by atoms with E-state index in [0.29, 0.717) is 0 Å². The second-order valence-corrected chi connectivity index (χ2v) is 10.1. The Bertz CT molecular complexity index is 1030. The van der Waals surface area contributed by atoms with Crippen LogP contribution in [0.3, 0.4) is 0 Å². The summed E-state index contributed by atoms with van der Waals surface area (Å²) in [6.07, 6.45) is 0.588. The third-order valence-electron chi connectivity index (χ3n) is 6.68. The number of nitrogens with zero attached hydrogens (tertiary/aromatic N) is 3. The molecule has 3 N–H and O–H groups in total. The summed E-state index contributed by atoms with van der Waals surface area (Å²) >= 11 is 0. The monoisotopic (exact) mass is 518 g/mol. The molecular formula is C25H33BF2N4O5. The molecule has 0 aliphatic carbocycles. The van der Waals surface area contributed by atoms with Crippen LogP contribution in [0, 0.1) is 11.3 Å². The van der Waals surface area contributed by atoms with Crippen molar-refractivity contribution < 1.29 is 33.2 Å². The molecule has 1 aromatic carbocycles. The van der Waals surface area contributed by atoms with Gasteiger partial charge in [-0.1, -0.05) is 30.3 Å². The number of carbonyl (C=O) groups is 2. The molecule has 2 aliphatic heterocycles. The van der Waals surface area contributed by atoms with Gasteiger partial charge in [0.25, 0.3) is 11.8 Å². The average molecular weight is 518 g/mol. The van der Waals surface area contributed by atoms with E-state index in [0.717, 1.165) is 5.56 Å². The number of nitrogens with one attached hydrogen (secondary N) is 1. The van der Waals surface area contributed by atoms with Gasteiger partial charge in [0, 0.05) is 31.6 Å². The first-order valence-corrected chi connectivity index (χ1v) is 12.3. The third kappa shape index (κ3) is 8.07. The summed E-state index contributed by atoms with van der Waals surface area (Å²) in [4.78, 5) is 28.7. The van der Waals surface area contributed by atoms with E-state index >= 15 is 0 Å². The molecule has 37 heavy (non-hydrogen) atoms. The number of benzene rings is 1. The molecule has 9 nitrogen and oxygen atoms in total. The molecule has 2 aliphatic rings. The van der Waals surface area contributed by atoms with Gasteiger partial charge in [-0.3, -0.25) is 14.5 Å². The summed E-state index contributed by atoms with van der Waals surface area (Å²) in [6.45, 7) is 3.51.